The maximum Gasteiger partial charge on any atom is 0.200 e. The summed E-state index contributed by atoms with van der Waals surface area (Å²) in [7, 11) is 0. The molecule has 2 aromatic carbocycles. The predicted molar refractivity (Wildman–Crippen MR) is 92.8 cm³/mol. The molecule has 22 heavy (non-hydrogen) atoms. The van der Waals surface area contributed by atoms with Gasteiger partial charge in [-0.25, -0.2) is 0 Å². The summed E-state index contributed by atoms with van der Waals surface area (Å²) in [6.45, 7) is 2.21. The maximum atomic E-state index is 5.40. The first-order valence-corrected chi connectivity index (χ1v) is 8.02. The third-order valence-corrected chi connectivity index (χ3v) is 3.99. The fraction of sp³-hybridized carbons (Fsp3) is 0.222. The highest BCUT2D eigenvalue weighted by Crippen LogP contribution is 2.21. The number of hydrogen-bond donors (Lipinski definition) is 1. The van der Waals surface area contributed by atoms with E-state index in [1.54, 1.807) is 0 Å². The lowest BCUT2D eigenvalue weighted by Gasteiger charge is -2.08. The molecule has 3 nitrogen and oxygen atoms in total. The maximum absolute atomic E-state index is 5.40. The van der Waals surface area contributed by atoms with E-state index >= 15 is 0 Å². The molecule has 4 heteroatoms. The van der Waals surface area contributed by atoms with Crippen molar-refractivity contribution >= 4 is 12.2 Å². The molecule has 0 bridgehead atoms. The largest absolute Gasteiger partial charge is 0.268 e. The molecule has 1 aromatic heterocycles. The summed E-state index contributed by atoms with van der Waals surface area (Å²) in [6, 6.07) is 18.7. The predicted octanol–water partition coefficient (Wildman–Crippen LogP) is 4.94. The fourth-order valence-corrected chi connectivity index (χ4v) is 2.75. The van der Waals surface area contributed by atoms with Gasteiger partial charge in [-0.15, -0.1) is 0 Å². The average Bonchev–Trinajstić information content (AvgIpc) is 2.96. The van der Waals surface area contributed by atoms with E-state index in [0.29, 0.717) is 4.77 Å². The smallest absolute Gasteiger partial charge is 0.200 e. The number of aryl methyl sites for hydroxylation is 1. The van der Waals surface area contributed by atoms with E-state index in [1.807, 2.05) is 34.9 Å². The molecular weight excluding hydrogens is 290 g/mol. The van der Waals surface area contributed by atoms with Crippen LogP contribution in [0, 0.1) is 4.77 Å². The zero-order valence-corrected chi connectivity index (χ0v) is 13.4. The van der Waals surface area contributed by atoms with Gasteiger partial charge in [0.2, 0.25) is 0 Å². The summed E-state index contributed by atoms with van der Waals surface area (Å²) in [5.41, 5.74) is 3.45. The van der Waals surface area contributed by atoms with Gasteiger partial charge in [0.15, 0.2) is 10.6 Å². The van der Waals surface area contributed by atoms with Crippen molar-refractivity contribution in [2.75, 3.05) is 0 Å². The minimum atomic E-state index is 0.611. The molecule has 0 fully saturated rings. The van der Waals surface area contributed by atoms with Gasteiger partial charge in [-0.2, -0.15) is 5.10 Å². The van der Waals surface area contributed by atoms with Crippen LogP contribution in [-0.2, 0) is 6.42 Å². The third-order valence-electron chi connectivity index (χ3n) is 3.72. The summed E-state index contributed by atoms with van der Waals surface area (Å²) in [5.74, 6) is 0.840. The lowest BCUT2D eigenvalue weighted by atomic mass is 10.1. The van der Waals surface area contributed by atoms with Gasteiger partial charge >= 0.3 is 0 Å². The van der Waals surface area contributed by atoms with E-state index < -0.39 is 0 Å². The van der Waals surface area contributed by atoms with Crippen LogP contribution in [0.1, 0.15) is 25.3 Å². The SMILES string of the molecule is CCCCc1ccc(-n2c(-c3ccccc3)n[nH]c2=S)cc1. The number of hydrogen-bond acceptors (Lipinski definition) is 2. The summed E-state index contributed by atoms with van der Waals surface area (Å²) in [4.78, 5) is 0. The topological polar surface area (TPSA) is 33.6 Å². The number of benzene rings is 2. The van der Waals surface area contributed by atoms with Crippen LogP contribution in [0.3, 0.4) is 0 Å². The number of nitrogens with zero attached hydrogens (tertiary/aromatic N) is 2. The molecule has 0 saturated carbocycles. The Morgan fingerprint density at radius 1 is 1.05 bits per heavy atom. The summed E-state index contributed by atoms with van der Waals surface area (Å²) >= 11 is 5.40. The van der Waals surface area contributed by atoms with Crippen molar-refractivity contribution in [1.29, 1.82) is 0 Å². The molecular formula is C18H19N3S. The second kappa shape index (κ2) is 6.71. The Kier molecular flexibility index (Phi) is 4.49. The number of aromatic nitrogens is 3. The number of unbranched alkanes of at least 4 members (excludes halogenated alkanes) is 1. The van der Waals surface area contributed by atoms with Crippen LogP contribution in [0.2, 0.25) is 0 Å². The van der Waals surface area contributed by atoms with Crippen LogP contribution in [0.25, 0.3) is 17.1 Å². The van der Waals surface area contributed by atoms with Crippen molar-refractivity contribution in [3.05, 3.63) is 64.9 Å². The molecule has 0 spiro atoms. The van der Waals surface area contributed by atoms with Crippen LogP contribution in [-0.4, -0.2) is 14.8 Å². The number of rotatable bonds is 5. The van der Waals surface area contributed by atoms with Crippen molar-refractivity contribution in [3.63, 3.8) is 0 Å². The lowest BCUT2D eigenvalue weighted by molar-refractivity contribution is 0.795. The first kappa shape index (κ1) is 14.7. The van der Waals surface area contributed by atoms with Gasteiger partial charge in [-0.3, -0.25) is 9.67 Å². The Labute approximate surface area is 135 Å². The first-order chi connectivity index (χ1) is 10.8. The normalized spacial score (nSPS) is 10.8. The molecule has 0 atom stereocenters. The minimum absolute atomic E-state index is 0.611. The third kappa shape index (κ3) is 3.02. The zero-order valence-electron chi connectivity index (χ0n) is 12.6. The molecule has 0 aliphatic rings. The van der Waals surface area contributed by atoms with Crippen molar-refractivity contribution in [2.24, 2.45) is 0 Å². The molecule has 0 aliphatic carbocycles. The molecule has 112 valence electrons. The molecule has 0 radical (unpaired) electrons. The molecule has 0 aliphatic heterocycles. The van der Waals surface area contributed by atoms with Crippen molar-refractivity contribution in [3.8, 4) is 17.1 Å². The molecule has 0 amide bonds. The van der Waals surface area contributed by atoms with Crippen LogP contribution < -0.4 is 0 Å². The molecule has 1 N–H and O–H groups in total. The van der Waals surface area contributed by atoms with Crippen LogP contribution in [0.4, 0.5) is 0 Å². The zero-order chi connectivity index (χ0) is 15.4. The number of nitrogens with one attached hydrogen (secondary N) is 1. The summed E-state index contributed by atoms with van der Waals surface area (Å²) in [6.07, 6.45) is 3.56. The van der Waals surface area contributed by atoms with Gasteiger partial charge in [0.1, 0.15) is 0 Å². The number of H-pyrrole nitrogens is 1. The van der Waals surface area contributed by atoms with E-state index in [4.69, 9.17) is 12.2 Å². The van der Waals surface area contributed by atoms with Gasteiger partial charge < -0.3 is 0 Å². The highest BCUT2D eigenvalue weighted by atomic mass is 32.1. The molecule has 3 rings (SSSR count). The highest BCUT2D eigenvalue weighted by Gasteiger charge is 2.10. The monoisotopic (exact) mass is 309 g/mol. The van der Waals surface area contributed by atoms with E-state index in [-0.39, 0.29) is 0 Å². The Bertz CT molecular complexity index is 785. The van der Waals surface area contributed by atoms with Gasteiger partial charge in [0.05, 0.1) is 0 Å². The molecule has 0 saturated heterocycles. The first-order valence-electron chi connectivity index (χ1n) is 7.61. The van der Waals surface area contributed by atoms with Gasteiger partial charge in [0.25, 0.3) is 0 Å². The molecule has 1 heterocycles. The lowest BCUT2D eigenvalue weighted by Crippen LogP contribution is -1.98. The highest BCUT2D eigenvalue weighted by molar-refractivity contribution is 7.71. The standard InChI is InChI=1S/C18H19N3S/c1-2-3-7-14-10-12-16(13-11-14)21-17(19-20-18(21)22)15-8-5-4-6-9-15/h4-6,8-13H,2-3,7H2,1H3,(H,20,22). The van der Waals surface area contributed by atoms with E-state index in [0.717, 1.165) is 23.5 Å². The second-order valence-corrected chi connectivity index (χ2v) is 5.71. The van der Waals surface area contributed by atoms with E-state index in [1.165, 1.54) is 18.4 Å². The summed E-state index contributed by atoms with van der Waals surface area (Å²) < 4.78 is 2.59. The quantitative estimate of drug-likeness (QED) is 0.677. The summed E-state index contributed by atoms with van der Waals surface area (Å²) in [5, 5.41) is 7.28. The Hall–Kier alpha value is -2.20. The van der Waals surface area contributed by atoms with Gasteiger partial charge in [0, 0.05) is 11.3 Å². The van der Waals surface area contributed by atoms with E-state index in [2.05, 4.69) is 41.4 Å². The Morgan fingerprint density at radius 2 is 1.77 bits per heavy atom. The van der Waals surface area contributed by atoms with Crippen molar-refractivity contribution in [2.45, 2.75) is 26.2 Å². The van der Waals surface area contributed by atoms with Crippen LogP contribution in [0.5, 0.6) is 0 Å². The molecule has 0 unspecified atom stereocenters. The number of aromatic amines is 1. The Balaban J connectivity index is 1.98. The fourth-order valence-electron chi connectivity index (χ4n) is 2.51. The second-order valence-electron chi connectivity index (χ2n) is 5.32. The minimum Gasteiger partial charge on any atom is -0.268 e. The van der Waals surface area contributed by atoms with Crippen LogP contribution >= 0.6 is 12.2 Å². The Morgan fingerprint density at radius 3 is 2.45 bits per heavy atom. The van der Waals surface area contributed by atoms with Crippen molar-refractivity contribution < 1.29 is 0 Å². The van der Waals surface area contributed by atoms with E-state index in [9.17, 15) is 0 Å². The van der Waals surface area contributed by atoms with Gasteiger partial charge in [-0.1, -0.05) is 55.8 Å². The average molecular weight is 309 g/mol. The van der Waals surface area contributed by atoms with Crippen LogP contribution in [0.15, 0.2) is 54.6 Å². The molecule has 3 aromatic rings. The van der Waals surface area contributed by atoms with Gasteiger partial charge in [-0.05, 0) is 42.8 Å². The van der Waals surface area contributed by atoms with Crippen molar-refractivity contribution in [1.82, 2.24) is 14.8 Å².